The number of benzene rings is 1. The van der Waals surface area contributed by atoms with E-state index in [1.54, 1.807) is 9.96 Å². The molecular weight excluding hydrogens is 387 g/mol. The second-order valence-corrected chi connectivity index (χ2v) is 20.2. The quantitative estimate of drug-likeness (QED) is 0.370. The van der Waals surface area contributed by atoms with Gasteiger partial charge in [-0.3, -0.25) is 0 Å². The number of rotatable bonds is 7. The molecule has 1 aromatic carbocycles. The first-order valence-corrected chi connectivity index (χ1v) is 18.1. The molecule has 0 bridgehead atoms. The van der Waals surface area contributed by atoms with Crippen molar-refractivity contribution in [2.24, 2.45) is 13.0 Å². The summed E-state index contributed by atoms with van der Waals surface area (Å²) in [4.78, 5) is 0. The monoisotopic (exact) mass is 428 g/mol. The third kappa shape index (κ3) is 5.25. The molecule has 0 unspecified atom stereocenters. The summed E-state index contributed by atoms with van der Waals surface area (Å²) in [5.74, 6) is 8.97. The molecule has 0 saturated carbocycles. The van der Waals surface area contributed by atoms with Crippen LogP contribution in [0.5, 0.6) is 0 Å². The van der Waals surface area contributed by atoms with E-state index in [1.807, 2.05) is 0 Å². The third-order valence-corrected chi connectivity index (χ3v) is 10.1. The summed E-state index contributed by atoms with van der Waals surface area (Å²) in [7, 11) is 2.23. The molecule has 1 heterocycles. The van der Waals surface area contributed by atoms with E-state index >= 15 is 0 Å². The third-order valence-electron chi connectivity index (χ3n) is 5.76. The molecule has 2 rings (SSSR count). The van der Waals surface area contributed by atoms with Crippen molar-refractivity contribution >= 4 is 17.7 Å². The van der Waals surface area contributed by atoms with E-state index in [-0.39, 0.29) is 0 Å². The molecule has 0 atom stereocenters. The number of aryl methyl sites for hydroxylation is 2. The number of nitrogens with zero attached hydrogens (tertiary/aromatic N) is 1. The summed E-state index contributed by atoms with van der Waals surface area (Å²) in [6.07, 6.45) is 6.05. The maximum absolute atomic E-state index is 2.55. The van der Waals surface area contributed by atoms with Gasteiger partial charge in [-0.15, -0.1) is 0 Å². The summed E-state index contributed by atoms with van der Waals surface area (Å²) in [6, 6.07) is 9.59. The number of hydrogen-bond acceptors (Lipinski definition) is 0. The normalized spacial score (nSPS) is 12.3. The maximum atomic E-state index is 2.55. The van der Waals surface area contributed by atoms with Gasteiger partial charge in [0.1, 0.15) is 0 Å². The van der Waals surface area contributed by atoms with Crippen LogP contribution in [0.2, 0.25) is 17.3 Å². The minimum atomic E-state index is -1.98. The second-order valence-electron chi connectivity index (χ2n) is 9.65. The van der Waals surface area contributed by atoms with Crippen molar-refractivity contribution in [3.63, 3.8) is 0 Å². The number of aromatic nitrogens is 1. The molecule has 0 N–H and O–H groups in total. The van der Waals surface area contributed by atoms with Crippen molar-refractivity contribution in [3.8, 4) is 11.3 Å². The molecule has 148 valence electrons. The standard InChI is InChI=1S/C25H40GeN/c1-10-21(11-2)23-17-27(9)25(16-24(23)26(6,7)8)22-15-20(14-18(3)4)13-12-19(22)5/h12-13,15-18,21H,10-11,14H2,1-9H3/q+1. The van der Waals surface area contributed by atoms with Crippen LogP contribution in [0.25, 0.3) is 11.3 Å². The number of hydrogen-bond donors (Lipinski definition) is 0. The molecule has 0 spiro atoms. The minimum absolute atomic E-state index is 0.679. The molecule has 0 aliphatic carbocycles. The van der Waals surface area contributed by atoms with Crippen LogP contribution in [0.15, 0.2) is 30.5 Å². The van der Waals surface area contributed by atoms with Crippen LogP contribution in [0.4, 0.5) is 0 Å². The van der Waals surface area contributed by atoms with E-state index in [4.69, 9.17) is 0 Å². The summed E-state index contributed by atoms with van der Waals surface area (Å²) in [5.41, 5.74) is 7.21. The van der Waals surface area contributed by atoms with Gasteiger partial charge >= 0.3 is 171 Å². The Morgan fingerprint density at radius 3 is 2.15 bits per heavy atom. The molecule has 1 aromatic heterocycles. The topological polar surface area (TPSA) is 3.88 Å². The Labute approximate surface area is 170 Å². The Morgan fingerprint density at radius 1 is 1.00 bits per heavy atom. The summed E-state index contributed by atoms with van der Waals surface area (Å²) < 4.78 is 4.07. The van der Waals surface area contributed by atoms with Gasteiger partial charge in [0, 0.05) is 0 Å². The Balaban J connectivity index is 2.68. The van der Waals surface area contributed by atoms with Gasteiger partial charge in [0.2, 0.25) is 0 Å². The summed E-state index contributed by atoms with van der Waals surface area (Å²) >= 11 is -1.98. The molecular formula is C25H40GeN+. The second kappa shape index (κ2) is 8.94. The zero-order valence-electron chi connectivity index (χ0n) is 19.1. The van der Waals surface area contributed by atoms with Crippen molar-refractivity contribution in [1.29, 1.82) is 0 Å². The molecule has 2 heteroatoms. The molecule has 1 nitrogen and oxygen atoms in total. The van der Waals surface area contributed by atoms with E-state index in [9.17, 15) is 0 Å². The Morgan fingerprint density at radius 2 is 1.63 bits per heavy atom. The first-order chi connectivity index (χ1) is 12.6. The van der Waals surface area contributed by atoms with Crippen LogP contribution in [-0.4, -0.2) is 13.3 Å². The van der Waals surface area contributed by atoms with Gasteiger partial charge in [-0.05, 0) is 0 Å². The van der Waals surface area contributed by atoms with E-state index in [1.165, 1.54) is 35.2 Å². The Kier molecular flexibility index (Phi) is 7.35. The van der Waals surface area contributed by atoms with Gasteiger partial charge in [-0.1, -0.05) is 0 Å². The number of pyridine rings is 1. The van der Waals surface area contributed by atoms with Gasteiger partial charge < -0.3 is 0 Å². The molecule has 0 amide bonds. The Bertz CT molecular complexity index is 780. The van der Waals surface area contributed by atoms with Crippen LogP contribution >= 0.6 is 0 Å². The molecule has 27 heavy (non-hydrogen) atoms. The van der Waals surface area contributed by atoms with Crippen molar-refractivity contribution in [1.82, 2.24) is 0 Å². The van der Waals surface area contributed by atoms with Gasteiger partial charge in [-0.2, -0.15) is 0 Å². The van der Waals surface area contributed by atoms with Crippen molar-refractivity contribution in [3.05, 3.63) is 47.2 Å². The van der Waals surface area contributed by atoms with Crippen LogP contribution < -0.4 is 8.96 Å². The zero-order valence-corrected chi connectivity index (χ0v) is 21.2. The van der Waals surface area contributed by atoms with Crippen LogP contribution in [-0.2, 0) is 13.5 Å². The average Bonchev–Trinajstić information content (AvgIpc) is 2.56. The predicted molar refractivity (Wildman–Crippen MR) is 123 cm³/mol. The zero-order chi connectivity index (χ0) is 20.4. The van der Waals surface area contributed by atoms with E-state index in [0.29, 0.717) is 11.8 Å². The fourth-order valence-corrected chi connectivity index (χ4v) is 7.76. The Hall–Kier alpha value is -1.09. The van der Waals surface area contributed by atoms with E-state index in [0.717, 1.165) is 6.42 Å². The first kappa shape index (κ1) is 22.2. The predicted octanol–water partition coefficient (Wildman–Crippen LogP) is 6.13. The fraction of sp³-hybridized carbons (Fsp3) is 0.560. The van der Waals surface area contributed by atoms with Crippen LogP contribution in [0.3, 0.4) is 0 Å². The van der Waals surface area contributed by atoms with Gasteiger partial charge in [0.05, 0.1) is 0 Å². The van der Waals surface area contributed by atoms with Gasteiger partial charge in [0.25, 0.3) is 0 Å². The van der Waals surface area contributed by atoms with Crippen molar-refractivity contribution < 1.29 is 4.57 Å². The van der Waals surface area contributed by atoms with E-state index in [2.05, 4.69) is 94.0 Å². The molecule has 0 aliphatic rings. The van der Waals surface area contributed by atoms with Crippen molar-refractivity contribution in [2.75, 3.05) is 0 Å². The molecule has 0 saturated heterocycles. The van der Waals surface area contributed by atoms with Gasteiger partial charge in [-0.25, -0.2) is 0 Å². The average molecular weight is 427 g/mol. The molecule has 2 aromatic rings. The van der Waals surface area contributed by atoms with Gasteiger partial charge in [0.15, 0.2) is 0 Å². The van der Waals surface area contributed by atoms with E-state index < -0.39 is 13.3 Å². The molecule has 0 radical (unpaired) electrons. The van der Waals surface area contributed by atoms with Crippen molar-refractivity contribution in [2.45, 2.75) is 77.1 Å². The van der Waals surface area contributed by atoms with Crippen LogP contribution in [0, 0.1) is 12.8 Å². The summed E-state index contributed by atoms with van der Waals surface area (Å²) in [5, 5.41) is 0. The summed E-state index contributed by atoms with van der Waals surface area (Å²) in [6.45, 7) is 11.5. The SMILES string of the molecule is CCC(CC)c1c[n+](C)c(-c2cc(CC(C)C)ccc2C)c[c]1[Ge]([CH3])([CH3])[CH3]. The fourth-order valence-electron chi connectivity index (χ4n) is 4.18. The first-order valence-electron chi connectivity index (χ1n) is 10.7. The molecule has 0 fully saturated rings. The molecule has 0 aliphatic heterocycles. The van der Waals surface area contributed by atoms with Crippen LogP contribution in [0.1, 0.15) is 63.1 Å².